The lowest BCUT2D eigenvalue weighted by Crippen LogP contribution is -2.26. The molecule has 0 spiro atoms. The van der Waals surface area contributed by atoms with Crippen LogP contribution in [0.3, 0.4) is 0 Å². The average molecular weight is 289 g/mol. The fourth-order valence-corrected chi connectivity index (χ4v) is 1.89. The second-order valence-electron chi connectivity index (χ2n) is 4.66. The fourth-order valence-electron chi connectivity index (χ4n) is 1.71. The topological polar surface area (TPSA) is 66.9 Å². The van der Waals surface area contributed by atoms with Gasteiger partial charge >= 0.3 is 0 Å². The third kappa shape index (κ3) is 3.05. The molecule has 0 aliphatic heterocycles. The summed E-state index contributed by atoms with van der Waals surface area (Å²) < 4.78 is 0. The Morgan fingerprint density at radius 2 is 1.95 bits per heavy atom. The van der Waals surface area contributed by atoms with Crippen LogP contribution in [0.1, 0.15) is 23.3 Å². The maximum atomic E-state index is 11.8. The van der Waals surface area contributed by atoms with E-state index in [1.165, 1.54) is 0 Å². The molecule has 5 nitrogen and oxygen atoms in total. The maximum absolute atomic E-state index is 11.8. The van der Waals surface area contributed by atoms with Crippen LogP contribution >= 0.6 is 11.6 Å². The number of nitrogens with zero attached hydrogens (tertiary/aromatic N) is 2. The number of carbonyl (C=O) groups is 1. The Morgan fingerprint density at radius 1 is 1.15 bits per heavy atom. The summed E-state index contributed by atoms with van der Waals surface area (Å²) in [6.45, 7) is 0. The molecule has 0 saturated heterocycles. The number of halogens is 1. The molecule has 1 fully saturated rings. The lowest BCUT2D eigenvalue weighted by molar-refractivity contribution is 0.0945. The van der Waals surface area contributed by atoms with Crippen molar-refractivity contribution in [3.05, 3.63) is 47.1 Å². The smallest absolute Gasteiger partial charge is 0.272 e. The summed E-state index contributed by atoms with van der Waals surface area (Å²) >= 11 is 6.05. The highest BCUT2D eigenvalue weighted by atomic mass is 35.5. The van der Waals surface area contributed by atoms with Crippen molar-refractivity contribution in [3.63, 3.8) is 0 Å². The number of anilines is 2. The Hall–Kier alpha value is -2.14. The lowest BCUT2D eigenvalue weighted by atomic mass is 10.3. The van der Waals surface area contributed by atoms with Gasteiger partial charge in [0.1, 0.15) is 0 Å². The monoisotopic (exact) mass is 288 g/mol. The molecule has 1 saturated carbocycles. The second kappa shape index (κ2) is 5.46. The van der Waals surface area contributed by atoms with Crippen LogP contribution in [0.4, 0.5) is 11.5 Å². The normalized spacial score (nSPS) is 13.8. The molecule has 1 aliphatic rings. The molecule has 1 aliphatic carbocycles. The quantitative estimate of drug-likeness (QED) is 0.908. The van der Waals surface area contributed by atoms with Gasteiger partial charge in [-0.05, 0) is 37.1 Å². The number of nitrogens with one attached hydrogen (secondary N) is 2. The highest BCUT2D eigenvalue weighted by molar-refractivity contribution is 6.33. The fraction of sp³-hybridized carbons (Fsp3) is 0.214. The first-order chi connectivity index (χ1) is 9.72. The van der Waals surface area contributed by atoms with E-state index in [-0.39, 0.29) is 5.91 Å². The number of carbonyl (C=O) groups excluding carboxylic acids is 1. The van der Waals surface area contributed by atoms with E-state index in [0.717, 1.165) is 18.5 Å². The van der Waals surface area contributed by atoms with Gasteiger partial charge in [0.05, 0.1) is 10.7 Å². The average Bonchev–Trinajstić information content (AvgIpc) is 3.26. The van der Waals surface area contributed by atoms with Gasteiger partial charge in [0.25, 0.3) is 5.91 Å². The SMILES string of the molecule is O=C(NC1CC1)c1ccc(Nc2ccccc2Cl)nn1. The predicted octanol–water partition coefficient (Wildman–Crippen LogP) is 2.77. The Kier molecular flexibility index (Phi) is 3.52. The van der Waals surface area contributed by atoms with E-state index in [9.17, 15) is 4.79 Å². The molecule has 20 heavy (non-hydrogen) atoms. The summed E-state index contributed by atoms with van der Waals surface area (Å²) in [5.74, 6) is 0.366. The number of rotatable bonds is 4. The van der Waals surface area contributed by atoms with Gasteiger partial charge in [0.15, 0.2) is 11.5 Å². The molecule has 3 rings (SSSR count). The van der Waals surface area contributed by atoms with E-state index in [4.69, 9.17) is 11.6 Å². The standard InChI is InChI=1S/C14H13ClN4O/c15-10-3-1-2-4-11(10)17-13-8-7-12(18-19-13)14(20)16-9-5-6-9/h1-4,7-9H,5-6H2,(H,16,20)(H,17,19). The van der Waals surface area contributed by atoms with E-state index in [1.807, 2.05) is 18.2 Å². The number of para-hydroxylation sites is 1. The highest BCUT2D eigenvalue weighted by Crippen LogP contribution is 2.23. The molecule has 102 valence electrons. The third-order valence-electron chi connectivity index (χ3n) is 2.95. The Bertz CT molecular complexity index is 625. The van der Waals surface area contributed by atoms with Crippen molar-refractivity contribution in [2.24, 2.45) is 0 Å². The molecule has 0 unspecified atom stereocenters. The van der Waals surface area contributed by atoms with Gasteiger partial charge in [0.2, 0.25) is 0 Å². The first kappa shape index (κ1) is 12.9. The molecule has 2 aromatic rings. The van der Waals surface area contributed by atoms with Gasteiger partial charge < -0.3 is 10.6 Å². The Morgan fingerprint density at radius 3 is 2.60 bits per heavy atom. The van der Waals surface area contributed by atoms with Gasteiger partial charge in [0, 0.05) is 6.04 Å². The number of amides is 1. The van der Waals surface area contributed by atoms with Crippen molar-refractivity contribution in [2.75, 3.05) is 5.32 Å². The minimum absolute atomic E-state index is 0.177. The van der Waals surface area contributed by atoms with Gasteiger partial charge in [-0.25, -0.2) is 0 Å². The van der Waals surface area contributed by atoms with Gasteiger partial charge in [-0.1, -0.05) is 23.7 Å². The number of benzene rings is 1. The molecule has 6 heteroatoms. The van der Waals surface area contributed by atoms with E-state index in [2.05, 4.69) is 20.8 Å². The van der Waals surface area contributed by atoms with Crippen molar-refractivity contribution < 1.29 is 4.79 Å². The van der Waals surface area contributed by atoms with Crippen LogP contribution in [-0.2, 0) is 0 Å². The van der Waals surface area contributed by atoms with Crippen molar-refractivity contribution in [3.8, 4) is 0 Å². The molecular formula is C14H13ClN4O. The Balaban J connectivity index is 1.69. The van der Waals surface area contributed by atoms with Crippen LogP contribution in [-0.4, -0.2) is 22.1 Å². The molecule has 1 heterocycles. The summed E-state index contributed by atoms with van der Waals surface area (Å²) in [5.41, 5.74) is 1.07. The number of hydrogen-bond donors (Lipinski definition) is 2. The zero-order valence-corrected chi connectivity index (χ0v) is 11.4. The summed E-state index contributed by atoms with van der Waals surface area (Å²) in [6.07, 6.45) is 2.09. The summed E-state index contributed by atoms with van der Waals surface area (Å²) in [7, 11) is 0. The van der Waals surface area contributed by atoms with Crippen molar-refractivity contribution in [2.45, 2.75) is 18.9 Å². The van der Waals surface area contributed by atoms with Crippen molar-refractivity contribution in [1.82, 2.24) is 15.5 Å². The van der Waals surface area contributed by atoms with Gasteiger partial charge in [-0.2, -0.15) is 0 Å². The number of hydrogen-bond acceptors (Lipinski definition) is 4. The zero-order chi connectivity index (χ0) is 13.9. The summed E-state index contributed by atoms with van der Waals surface area (Å²) in [6, 6.07) is 11.0. The van der Waals surface area contributed by atoms with Crippen molar-refractivity contribution in [1.29, 1.82) is 0 Å². The maximum Gasteiger partial charge on any atom is 0.272 e. The van der Waals surface area contributed by atoms with Crippen LogP contribution in [0.2, 0.25) is 5.02 Å². The first-order valence-electron chi connectivity index (χ1n) is 6.38. The zero-order valence-electron chi connectivity index (χ0n) is 10.6. The van der Waals surface area contributed by atoms with Gasteiger partial charge in [-0.15, -0.1) is 10.2 Å². The van der Waals surface area contributed by atoms with E-state index in [1.54, 1.807) is 18.2 Å². The van der Waals surface area contributed by atoms with Gasteiger partial charge in [-0.3, -0.25) is 4.79 Å². The highest BCUT2D eigenvalue weighted by Gasteiger charge is 2.24. The molecule has 1 amide bonds. The molecule has 0 atom stereocenters. The van der Waals surface area contributed by atoms with E-state index in [0.29, 0.717) is 22.6 Å². The van der Waals surface area contributed by atoms with Crippen LogP contribution in [0, 0.1) is 0 Å². The largest absolute Gasteiger partial charge is 0.348 e. The number of aromatic nitrogens is 2. The second-order valence-corrected chi connectivity index (χ2v) is 5.06. The predicted molar refractivity (Wildman–Crippen MR) is 77.3 cm³/mol. The molecule has 1 aromatic heterocycles. The minimum Gasteiger partial charge on any atom is -0.348 e. The molecule has 1 aromatic carbocycles. The third-order valence-corrected chi connectivity index (χ3v) is 3.28. The van der Waals surface area contributed by atoms with E-state index >= 15 is 0 Å². The van der Waals surface area contributed by atoms with Crippen molar-refractivity contribution >= 4 is 29.0 Å². The lowest BCUT2D eigenvalue weighted by Gasteiger charge is -2.07. The van der Waals surface area contributed by atoms with Crippen LogP contribution in [0.25, 0.3) is 0 Å². The Labute approximate surface area is 121 Å². The van der Waals surface area contributed by atoms with Crippen LogP contribution in [0.5, 0.6) is 0 Å². The summed E-state index contributed by atoms with van der Waals surface area (Å²) in [5, 5.41) is 14.4. The first-order valence-corrected chi connectivity index (χ1v) is 6.76. The van der Waals surface area contributed by atoms with E-state index < -0.39 is 0 Å². The molecule has 2 N–H and O–H groups in total. The summed E-state index contributed by atoms with van der Waals surface area (Å²) in [4.78, 5) is 11.8. The van der Waals surface area contributed by atoms with Crippen LogP contribution < -0.4 is 10.6 Å². The minimum atomic E-state index is -0.177. The molecule has 0 bridgehead atoms. The molecular weight excluding hydrogens is 276 g/mol. The van der Waals surface area contributed by atoms with Crippen LogP contribution in [0.15, 0.2) is 36.4 Å². The molecule has 0 radical (unpaired) electrons.